The number of esters is 2. The summed E-state index contributed by atoms with van der Waals surface area (Å²) >= 11 is 0. The van der Waals surface area contributed by atoms with E-state index in [1.54, 1.807) is 6.07 Å². The molecule has 0 atom stereocenters. The van der Waals surface area contributed by atoms with Crippen LogP contribution in [0.2, 0.25) is 0 Å². The standard InChI is InChI=1S/C24H24O6/c1-15-5-6-19(11-16(15)2)12-21(27)8-9-22(28)13-20-7-10-23(29-17(3)25)24(14-20)30-18(4)26/h5-11,14H,12-13H2,1-4H3/b9-8-. The Bertz CT molecular complexity index is 1020. The van der Waals surface area contributed by atoms with Gasteiger partial charge in [0, 0.05) is 26.7 Å². The van der Waals surface area contributed by atoms with Gasteiger partial charge >= 0.3 is 11.9 Å². The fourth-order valence-electron chi connectivity index (χ4n) is 2.76. The molecular weight excluding hydrogens is 384 g/mol. The van der Waals surface area contributed by atoms with Gasteiger partial charge in [0.15, 0.2) is 23.1 Å². The van der Waals surface area contributed by atoms with Crippen LogP contribution < -0.4 is 9.47 Å². The quantitative estimate of drug-likeness (QED) is 0.377. The van der Waals surface area contributed by atoms with Crippen molar-refractivity contribution in [3.05, 3.63) is 70.8 Å². The Balaban J connectivity index is 2.03. The van der Waals surface area contributed by atoms with Crippen molar-refractivity contribution < 1.29 is 28.7 Å². The van der Waals surface area contributed by atoms with Crippen LogP contribution in [0.1, 0.15) is 36.1 Å². The molecule has 0 aliphatic rings. The first-order chi connectivity index (χ1) is 14.1. The number of allylic oxidation sites excluding steroid dienone is 2. The van der Waals surface area contributed by atoms with Crippen LogP contribution in [0, 0.1) is 13.8 Å². The minimum atomic E-state index is -0.580. The van der Waals surface area contributed by atoms with Crippen LogP contribution in [0.15, 0.2) is 48.6 Å². The van der Waals surface area contributed by atoms with Crippen molar-refractivity contribution in [1.29, 1.82) is 0 Å². The molecule has 0 amide bonds. The molecule has 2 aromatic carbocycles. The van der Waals surface area contributed by atoms with Gasteiger partial charge in [-0.15, -0.1) is 0 Å². The maximum Gasteiger partial charge on any atom is 0.308 e. The molecule has 0 aliphatic carbocycles. The lowest BCUT2D eigenvalue weighted by atomic mass is 10.0. The highest BCUT2D eigenvalue weighted by Gasteiger charge is 2.12. The zero-order valence-electron chi connectivity index (χ0n) is 17.5. The summed E-state index contributed by atoms with van der Waals surface area (Å²) in [7, 11) is 0. The maximum atomic E-state index is 12.2. The molecule has 6 nitrogen and oxygen atoms in total. The summed E-state index contributed by atoms with van der Waals surface area (Å²) in [5.41, 5.74) is 3.72. The number of hydrogen-bond donors (Lipinski definition) is 0. The molecule has 0 unspecified atom stereocenters. The number of ether oxygens (including phenoxy) is 2. The first-order valence-corrected chi connectivity index (χ1v) is 9.43. The van der Waals surface area contributed by atoms with E-state index >= 15 is 0 Å². The minimum absolute atomic E-state index is 0.00202. The van der Waals surface area contributed by atoms with E-state index in [-0.39, 0.29) is 35.9 Å². The zero-order valence-corrected chi connectivity index (χ0v) is 17.5. The Morgan fingerprint density at radius 1 is 0.700 bits per heavy atom. The monoisotopic (exact) mass is 408 g/mol. The lowest BCUT2D eigenvalue weighted by Gasteiger charge is -2.10. The summed E-state index contributed by atoms with van der Waals surface area (Å²) in [6, 6.07) is 10.3. The minimum Gasteiger partial charge on any atom is -0.423 e. The Labute approximate surface area is 175 Å². The largest absolute Gasteiger partial charge is 0.423 e. The lowest BCUT2D eigenvalue weighted by Crippen LogP contribution is -2.08. The highest BCUT2D eigenvalue weighted by Crippen LogP contribution is 2.29. The van der Waals surface area contributed by atoms with E-state index in [0.717, 1.165) is 16.7 Å². The average Bonchev–Trinajstić information content (AvgIpc) is 2.64. The van der Waals surface area contributed by atoms with Gasteiger partial charge < -0.3 is 9.47 Å². The van der Waals surface area contributed by atoms with E-state index in [2.05, 4.69) is 0 Å². The van der Waals surface area contributed by atoms with E-state index in [9.17, 15) is 19.2 Å². The van der Waals surface area contributed by atoms with Gasteiger partial charge in [0.25, 0.3) is 0 Å². The van der Waals surface area contributed by atoms with Crippen molar-refractivity contribution in [1.82, 2.24) is 0 Å². The topological polar surface area (TPSA) is 86.7 Å². The second kappa shape index (κ2) is 10.3. The van der Waals surface area contributed by atoms with Crippen LogP contribution in [-0.4, -0.2) is 23.5 Å². The molecule has 0 saturated heterocycles. The lowest BCUT2D eigenvalue weighted by molar-refractivity contribution is -0.134. The summed E-state index contributed by atoms with van der Waals surface area (Å²) < 4.78 is 10.0. The van der Waals surface area contributed by atoms with E-state index < -0.39 is 11.9 Å². The fourth-order valence-corrected chi connectivity index (χ4v) is 2.76. The number of rotatable bonds is 8. The number of benzene rings is 2. The number of carbonyl (C=O) groups is 4. The summed E-state index contributed by atoms with van der Waals surface area (Å²) in [6.07, 6.45) is 2.74. The third-order valence-corrected chi connectivity index (χ3v) is 4.30. The molecule has 0 radical (unpaired) electrons. The van der Waals surface area contributed by atoms with Gasteiger partial charge in [-0.3, -0.25) is 19.2 Å². The second-order valence-electron chi connectivity index (χ2n) is 7.01. The summed E-state index contributed by atoms with van der Waals surface area (Å²) in [6.45, 7) is 6.44. The molecule has 0 spiro atoms. The van der Waals surface area contributed by atoms with Crippen LogP contribution in [0.4, 0.5) is 0 Å². The summed E-state index contributed by atoms with van der Waals surface area (Å²) in [4.78, 5) is 46.8. The molecule has 0 N–H and O–H groups in total. The molecule has 0 aromatic heterocycles. The first-order valence-electron chi connectivity index (χ1n) is 9.43. The van der Waals surface area contributed by atoms with Crippen LogP contribution in [0.25, 0.3) is 0 Å². The van der Waals surface area contributed by atoms with Crippen molar-refractivity contribution in [3.8, 4) is 11.5 Å². The highest BCUT2D eigenvalue weighted by molar-refractivity contribution is 6.00. The molecule has 2 aromatic rings. The van der Waals surface area contributed by atoms with Crippen molar-refractivity contribution in [2.24, 2.45) is 0 Å². The van der Waals surface area contributed by atoms with E-state index in [1.165, 1.54) is 38.1 Å². The first kappa shape index (κ1) is 22.7. The molecule has 2 rings (SSSR count). The van der Waals surface area contributed by atoms with Crippen molar-refractivity contribution in [2.75, 3.05) is 0 Å². The third kappa shape index (κ3) is 7.13. The van der Waals surface area contributed by atoms with Gasteiger partial charge in [-0.1, -0.05) is 24.3 Å². The molecule has 0 heterocycles. The SMILES string of the molecule is CC(=O)Oc1ccc(CC(=O)/C=C\C(=O)Cc2ccc(C)c(C)c2)cc1OC(C)=O. The number of aryl methyl sites for hydroxylation is 2. The zero-order chi connectivity index (χ0) is 22.3. The van der Waals surface area contributed by atoms with Crippen LogP contribution in [0.5, 0.6) is 11.5 Å². The second-order valence-corrected chi connectivity index (χ2v) is 7.01. The Kier molecular flexibility index (Phi) is 7.81. The van der Waals surface area contributed by atoms with Gasteiger partial charge in [-0.25, -0.2) is 0 Å². The smallest absolute Gasteiger partial charge is 0.308 e. The number of hydrogen-bond acceptors (Lipinski definition) is 6. The Morgan fingerprint density at radius 2 is 1.20 bits per heavy atom. The molecule has 0 saturated carbocycles. The third-order valence-electron chi connectivity index (χ3n) is 4.30. The normalized spacial score (nSPS) is 10.7. The van der Waals surface area contributed by atoms with Gasteiger partial charge in [0.05, 0.1) is 0 Å². The predicted octanol–water partition coefficient (Wildman–Crippen LogP) is 3.63. The van der Waals surface area contributed by atoms with Crippen molar-refractivity contribution in [2.45, 2.75) is 40.5 Å². The molecular formula is C24H24O6. The fraction of sp³-hybridized carbons (Fsp3) is 0.250. The maximum absolute atomic E-state index is 12.2. The van der Waals surface area contributed by atoms with Crippen LogP contribution in [-0.2, 0) is 32.0 Å². The van der Waals surface area contributed by atoms with E-state index in [0.29, 0.717) is 5.56 Å². The number of carbonyl (C=O) groups excluding carboxylic acids is 4. The highest BCUT2D eigenvalue weighted by atomic mass is 16.6. The van der Waals surface area contributed by atoms with Crippen molar-refractivity contribution >= 4 is 23.5 Å². The molecule has 30 heavy (non-hydrogen) atoms. The Morgan fingerprint density at radius 3 is 1.73 bits per heavy atom. The molecule has 0 fully saturated rings. The average molecular weight is 408 g/mol. The predicted molar refractivity (Wildman–Crippen MR) is 112 cm³/mol. The van der Waals surface area contributed by atoms with E-state index in [1.807, 2.05) is 32.0 Å². The summed E-state index contributed by atoms with van der Waals surface area (Å²) in [5.74, 6) is -1.44. The van der Waals surface area contributed by atoms with E-state index in [4.69, 9.17) is 9.47 Å². The summed E-state index contributed by atoms with van der Waals surface area (Å²) in [5, 5.41) is 0. The van der Waals surface area contributed by atoms with Gasteiger partial charge in [-0.2, -0.15) is 0 Å². The van der Waals surface area contributed by atoms with Crippen LogP contribution in [0.3, 0.4) is 0 Å². The molecule has 0 bridgehead atoms. The Hall–Kier alpha value is -3.54. The van der Waals surface area contributed by atoms with Gasteiger partial charge in [0.1, 0.15) is 0 Å². The van der Waals surface area contributed by atoms with Gasteiger partial charge in [-0.05, 0) is 60.4 Å². The van der Waals surface area contributed by atoms with Crippen molar-refractivity contribution in [3.63, 3.8) is 0 Å². The molecule has 156 valence electrons. The molecule has 0 aliphatic heterocycles. The number of ketones is 2. The van der Waals surface area contributed by atoms with Gasteiger partial charge in [0.2, 0.25) is 0 Å². The molecule has 6 heteroatoms. The van der Waals surface area contributed by atoms with Crippen LogP contribution >= 0.6 is 0 Å².